The van der Waals surface area contributed by atoms with Crippen molar-refractivity contribution in [2.45, 2.75) is 26.1 Å². The number of aromatic nitrogens is 1. The van der Waals surface area contributed by atoms with Gasteiger partial charge in [0.15, 0.2) is 0 Å². The first kappa shape index (κ1) is 17.9. The van der Waals surface area contributed by atoms with Gasteiger partial charge in [-0.05, 0) is 31.5 Å². The number of aryl methyl sites for hydroxylation is 3. The Kier molecular flexibility index (Phi) is 4.86. The predicted octanol–water partition coefficient (Wildman–Crippen LogP) is 1.24. The van der Waals surface area contributed by atoms with Gasteiger partial charge in [0.05, 0.1) is 24.8 Å². The van der Waals surface area contributed by atoms with Crippen LogP contribution in [0.15, 0.2) is 18.2 Å². The van der Waals surface area contributed by atoms with Crippen LogP contribution in [0.2, 0.25) is 0 Å². The number of benzene rings is 1. The molecule has 1 aromatic carbocycles. The molecule has 136 valence electrons. The van der Waals surface area contributed by atoms with E-state index >= 15 is 0 Å². The third kappa shape index (κ3) is 3.29. The Labute approximate surface area is 147 Å². The summed E-state index contributed by atoms with van der Waals surface area (Å²) < 4.78 is 7.22. The Morgan fingerprint density at radius 3 is 2.72 bits per heavy atom. The quantitative estimate of drug-likeness (QED) is 0.877. The van der Waals surface area contributed by atoms with Gasteiger partial charge in [0.25, 0.3) is 5.91 Å². The maximum absolute atomic E-state index is 12.9. The maximum atomic E-state index is 12.9. The highest BCUT2D eigenvalue weighted by Gasteiger charge is 2.33. The second-order valence-corrected chi connectivity index (χ2v) is 7.15. The molecule has 0 aliphatic carbocycles. The molecule has 2 heterocycles. The molecule has 1 aromatic heterocycles. The highest BCUT2D eigenvalue weighted by molar-refractivity contribution is 5.99. The number of carbonyl (C=O) groups is 1. The number of nitrogens with zero attached hydrogens (tertiary/aromatic N) is 2. The zero-order valence-corrected chi connectivity index (χ0v) is 15.2. The molecular weight excluding hydrogens is 320 g/mol. The summed E-state index contributed by atoms with van der Waals surface area (Å²) in [4.78, 5) is 14.5. The van der Waals surface area contributed by atoms with Crippen LogP contribution >= 0.6 is 0 Å². The number of hydrogen-bond acceptors (Lipinski definition) is 4. The van der Waals surface area contributed by atoms with Gasteiger partial charge in [0, 0.05) is 31.9 Å². The molecule has 0 unspecified atom stereocenters. The van der Waals surface area contributed by atoms with Gasteiger partial charge < -0.3 is 24.4 Å². The zero-order valence-electron chi connectivity index (χ0n) is 15.2. The first-order valence-electron chi connectivity index (χ1n) is 8.55. The molecule has 2 N–H and O–H groups in total. The van der Waals surface area contributed by atoms with Crippen LogP contribution in [-0.2, 0) is 11.8 Å². The predicted molar refractivity (Wildman–Crippen MR) is 95.7 cm³/mol. The molecule has 0 bridgehead atoms. The SMILES string of the molecule is Cc1cc(C)c2c(c1)cc(C(=O)N(C)C[C@@H]1COC[C@@H](O)[C@H]1O)n2C. The summed E-state index contributed by atoms with van der Waals surface area (Å²) in [6.45, 7) is 4.89. The van der Waals surface area contributed by atoms with E-state index in [2.05, 4.69) is 12.1 Å². The molecule has 6 heteroatoms. The van der Waals surface area contributed by atoms with Crippen LogP contribution in [0.25, 0.3) is 10.9 Å². The van der Waals surface area contributed by atoms with Crippen molar-refractivity contribution in [3.8, 4) is 0 Å². The molecule has 25 heavy (non-hydrogen) atoms. The van der Waals surface area contributed by atoms with Crippen molar-refractivity contribution >= 4 is 16.8 Å². The fourth-order valence-corrected chi connectivity index (χ4v) is 3.77. The average molecular weight is 346 g/mol. The lowest BCUT2D eigenvalue weighted by molar-refractivity contribution is -0.123. The molecule has 1 aliphatic heterocycles. The van der Waals surface area contributed by atoms with Gasteiger partial charge in [-0.2, -0.15) is 0 Å². The summed E-state index contributed by atoms with van der Waals surface area (Å²) in [6.07, 6.45) is -1.77. The van der Waals surface area contributed by atoms with Crippen molar-refractivity contribution in [3.63, 3.8) is 0 Å². The lowest BCUT2D eigenvalue weighted by atomic mass is 9.96. The molecule has 1 saturated heterocycles. The average Bonchev–Trinajstić information content (AvgIpc) is 2.87. The van der Waals surface area contributed by atoms with Gasteiger partial charge in [0.1, 0.15) is 11.8 Å². The first-order valence-corrected chi connectivity index (χ1v) is 8.55. The van der Waals surface area contributed by atoms with Crippen molar-refractivity contribution in [1.29, 1.82) is 0 Å². The molecule has 0 spiro atoms. The third-order valence-electron chi connectivity index (χ3n) is 5.04. The van der Waals surface area contributed by atoms with E-state index in [0.29, 0.717) is 18.8 Å². The van der Waals surface area contributed by atoms with Crippen molar-refractivity contribution in [1.82, 2.24) is 9.47 Å². The number of ether oxygens (including phenoxy) is 1. The molecule has 3 atom stereocenters. The fourth-order valence-electron chi connectivity index (χ4n) is 3.77. The van der Waals surface area contributed by atoms with Crippen LogP contribution in [0.5, 0.6) is 0 Å². The smallest absolute Gasteiger partial charge is 0.270 e. The molecule has 0 radical (unpaired) electrons. The summed E-state index contributed by atoms with van der Waals surface area (Å²) in [5.74, 6) is -0.403. The van der Waals surface area contributed by atoms with Crippen molar-refractivity contribution in [2.75, 3.05) is 26.8 Å². The van der Waals surface area contributed by atoms with Gasteiger partial charge in [-0.15, -0.1) is 0 Å². The minimum atomic E-state index is -0.898. The molecule has 1 amide bonds. The number of fused-ring (bicyclic) bond motifs is 1. The molecule has 0 saturated carbocycles. The molecule has 1 aliphatic rings. The largest absolute Gasteiger partial charge is 0.390 e. The van der Waals surface area contributed by atoms with Crippen LogP contribution in [0.1, 0.15) is 21.6 Å². The van der Waals surface area contributed by atoms with Crippen molar-refractivity contribution in [3.05, 3.63) is 35.0 Å². The van der Waals surface area contributed by atoms with Gasteiger partial charge >= 0.3 is 0 Å². The van der Waals surface area contributed by atoms with E-state index in [1.165, 1.54) is 5.56 Å². The number of rotatable bonds is 3. The topological polar surface area (TPSA) is 74.9 Å². The molecule has 1 fully saturated rings. The number of aliphatic hydroxyl groups is 2. The maximum Gasteiger partial charge on any atom is 0.270 e. The van der Waals surface area contributed by atoms with Crippen molar-refractivity contribution < 1.29 is 19.7 Å². The standard InChI is InChI=1S/C19H26N2O4/c1-11-5-12(2)17-13(6-11)7-15(21(17)4)19(24)20(3)8-14-9-25-10-16(22)18(14)23/h5-7,14,16,18,22-23H,8-10H2,1-4H3/t14-,16-,18+/m1/s1. The number of amides is 1. The molecule has 6 nitrogen and oxygen atoms in total. The van der Waals surface area contributed by atoms with E-state index in [1.54, 1.807) is 11.9 Å². The molecule has 2 aromatic rings. The highest BCUT2D eigenvalue weighted by atomic mass is 16.5. The third-order valence-corrected chi connectivity index (χ3v) is 5.04. The van der Waals surface area contributed by atoms with Crippen molar-refractivity contribution in [2.24, 2.45) is 13.0 Å². The lowest BCUT2D eigenvalue weighted by Gasteiger charge is -2.34. The Bertz CT molecular complexity index is 798. The van der Waals surface area contributed by atoms with E-state index in [4.69, 9.17) is 4.74 Å². The first-order chi connectivity index (χ1) is 11.8. The van der Waals surface area contributed by atoms with Gasteiger partial charge in [-0.25, -0.2) is 0 Å². The second kappa shape index (κ2) is 6.78. The van der Waals surface area contributed by atoms with Crippen LogP contribution in [-0.4, -0.2) is 64.6 Å². The zero-order chi connectivity index (χ0) is 18.3. The fraction of sp³-hybridized carbons (Fsp3) is 0.526. The summed E-state index contributed by atoms with van der Waals surface area (Å²) in [5, 5.41) is 20.9. The number of hydrogen-bond donors (Lipinski definition) is 2. The Balaban J connectivity index is 1.84. The normalized spacial score (nSPS) is 23.8. The summed E-state index contributed by atoms with van der Waals surface area (Å²) >= 11 is 0. The highest BCUT2D eigenvalue weighted by Crippen LogP contribution is 2.25. The summed E-state index contributed by atoms with van der Waals surface area (Å²) in [7, 11) is 3.61. The Morgan fingerprint density at radius 1 is 1.28 bits per heavy atom. The van der Waals surface area contributed by atoms with E-state index in [-0.39, 0.29) is 18.4 Å². The van der Waals surface area contributed by atoms with Gasteiger partial charge in [0.2, 0.25) is 0 Å². The Morgan fingerprint density at radius 2 is 2.00 bits per heavy atom. The number of carbonyl (C=O) groups excluding carboxylic acids is 1. The van der Waals surface area contributed by atoms with E-state index in [1.807, 2.05) is 31.5 Å². The lowest BCUT2D eigenvalue weighted by Crippen LogP contribution is -2.49. The van der Waals surface area contributed by atoms with E-state index in [9.17, 15) is 15.0 Å². The van der Waals surface area contributed by atoms with Crippen LogP contribution in [0, 0.1) is 19.8 Å². The monoisotopic (exact) mass is 346 g/mol. The van der Waals surface area contributed by atoms with E-state index in [0.717, 1.165) is 16.5 Å². The number of aliphatic hydroxyl groups excluding tert-OH is 2. The molecular formula is C19H26N2O4. The minimum absolute atomic E-state index is 0.108. The minimum Gasteiger partial charge on any atom is -0.390 e. The van der Waals surface area contributed by atoms with Crippen LogP contribution < -0.4 is 0 Å². The van der Waals surface area contributed by atoms with Gasteiger partial charge in [-0.3, -0.25) is 4.79 Å². The second-order valence-electron chi connectivity index (χ2n) is 7.15. The van der Waals surface area contributed by atoms with E-state index < -0.39 is 12.2 Å². The summed E-state index contributed by atoms with van der Waals surface area (Å²) in [6, 6.07) is 6.10. The van der Waals surface area contributed by atoms with Gasteiger partial charge in [-0.1, -0.05) is 11.6 Å². The summed E-state index contributed by atoms with van der Waals surface area (Å²) in [5.41, 5.74) is 3.97. The Hall–Kier alpha value is -1.89. The molecule has 3 rings (SSSR count). The van der Waals surface area contributed by atoms with Crippen LogP contribution in [0.4, 0.5) is 0 Å². The van der Waals surface area contributed by atoms with Crippen LogP contribution in [0.3, 0.4) is 0 Å².